The first kappa shape index (κ1) is 13.1. The van der Waals surface area contributed by atoms with E-state index in [4.69, 9.17) is 0 Å². The Hall–Kier alpha value is -1.31. The Bertz CT molecular complexity index is 458. The lowest BCUT2D eigenvalue weighted by molar-refractivity contribution is -0.115. The van der Waals surface area contributed by atoms with Gasteiger partial charge in [-0.25, -0.2) is 0 Å². The Kier molecular flexibility index (Phi) is 4.40. The highest BCUT2D eigenvalue weighted by atomic mass is 127. The van der Waals surface area contributed by atoms with Crippen molar-refractivity contribution in [3.05, 3.63) is 27.8 Å². The molecule has 1 amide bonds. The van der Waals surface area contributed by atoms with Crippen LogP contribution in [0.2, 0.25) is 0 Å². The average molecular weight is 358 g/mol. The lowest BCUT2D eigenvalue weighted by Crippen LogP contribution is -2.41. The van der Waals surface area contributed by atoms with Crippen molar-refractivity contribution in [2.24, 2.45) is 4.99 Å². The molecule has 2 rings (SSSR count). The predicted octanol–water partition coefficient (Wildman–Crippen LogP) is 1.17. The molecule has 0 radical (unpaired) electrons. The number of rotatable bonds is 3. The minimum absolute atomic E-state index is 0.0831. The molecule has 6 heteroatoms. The SMILES string of the molecule is CC1CN=C(NCC(=O)Nc2ccc(I)cc2)N1. The van der Waals surface area contributed by atoms with Gasteiger partial charge in [-0.3, -0.25) is 9.79 Å². The number of hydrogen-bond donors (Lipinski definition) is 3. The molecule has 0 fully saturated rings. The molecular weight excluding hydrogens is 343 g/mol. The molecule has 1 aromatic rings. The normalized spacial score (nSPS) is 17.9. The molecule has 0 saturated heterocycles. The largest absolute Gasteiger partial charge is 0.352 e. The summed E-state index contributed by atoms with van der Waals surface area (Å²) in [5, 5.41) is 8.92. The van der Waals surface area contributed by atoms with E-state index in [9.17, 15) is 4.79 Å². The number of amides is 1. The van der Waals surface area contributed by atoms with Gasteiger partial charge >= 0.3 is 0 Å². The summed E-state index contributed by atoms with van der Waals surface area (Å²) >= 11 is 2.23. The number of carbonyl (C=O) groups is 1. The summed E-state index contributed by atoms with van der Waals surface area (Å²) in [4.78, 5) is 15.9. The first-order chi connectivity index (χ1) is 8.63. The highest BCUT2D eigenvalue weighted by Crippen LogP contribution is 2.10. The van der Waals surface area contributed by atoms with E-state index in [1.54, 1.807) is 0 Å². The van der Waals surface area contributed by atoms with E-state index >= 15 is 0 Å². The zero-order valence-electron chi connectivity index (χ0n) is 10.0. The molecule has 1 aliphatic heterocycles. The molecule has 0 bridgehead atoms. The van der Waals surface area contributed by atoms with E-state index in [0.717, 1.165) is 15.8 Å². The fourth-order valence-corrected chi connectivity index (χ4v) is 1.92. The molecular formula is C12H15IN4O. The average Bonchev–Trinajstić information content (AvgIpc) is 2.76. The van der Waals surface area contributed by atoms with Crippen LogP contribution in [-0.2, 0) is 4.79 Å². The zero-order chi connectivity index (χ0) is 13.0. The molecule has 1 atom stereocenters. The molecule has 0 saturated carbocycles. The van der Waals surface area contributed by atoms with Crippen LogP contribution in [0.4, 0.5) is 5.69 Å². The van der Waals surface area contributed by atoms with Crippen LogP contribution in [0, 0.1) is 3.57 Å². The summed E-state index contributed by atoms with van der Waals surface area (Å²) in [6.07, 6.45) is 0. The number of nitrogens with zero attached hydrogens (tertiary/aromatic N) is 1. The molecule has 1 unspecified atom stereocenters. The molecule has 1 aromatic carbocycles. The third-order valence-electron chi connectivity index (χ3n) is 2.45. The Morgan fingerprint density at radius 1 is 1.50 bits per heavy atom. The second-order valence-electron chi connectivity index (χ2n) is 4.14. The third kappa shape index (κ3) is 3.86. The summed E-state index contributed by atoms with van der Waals surface area (Å²) in [6.45, 7) is 3.01. The van der Waals surface area contributed by atoms with Crippen molar-refractivity contribution in [3.8, 4) is 0 Å². The van der Waals surface area contributed by atoms with Crippen molar-refractivity contribution in [1.82, 2.24) is 10.6 Å². The Morgan fingerprint density at radius 3 is 2.83 bits per heavy atom. The number of guanidine groups is 1. The van der Waals surface area contributed by atoms with Crippen molar-refractivity contribution < 1.29 is 4.79 Å². The fourth-order valence-electron chi connectivity index (χ4n) is 1.56. The van der Waals surface area contributed by atoms with Gasteiger partial charge in [-0.1, -0.05) is 0 Å². The van der Waals surface area contributed by atoms with Gasteiger partial charge in [0.1, 0.15) is 0 Å². The minimum Gasteiger partial charge on any atom is -0.352 e. The third-order valence-corrected chi connectivity index (χ3v) is 3.17. The van der Waals surface area contributed by atoms with E-state index < -0.39 is 0 Å². The summed E-state index contributed by atoms with van der Waals surface area (Å²) in [5.41, 5.74) is 0.803. The molecule has 5 nitrogen and oxygen atoms in total. The second-order valence-corrected chi connectivity index (χ2v) is 5.39. The van der Waals surface area contributed by atoms with Crippen molar-refractivity contribution >= 4 is 40.1 Å². The number of carbonyl (C=O) groups excluding carboxylic acids is 1. The number of halogens is 1. The van der Waals surface area contributed by atoms with Crippen LogP contribution in [0.15, 0.2) is 29.3 Å². The van der Waals surface area contributed by atoms with E-state index in [-0.39, 0.29) is 12.5 Å². The van der Waals surface area contributed by atoms with Crippen LogP contribution in [-0.4, -0.2) is 31.0 Å². The fraction of sp³-hybridized carbons (Fsp3) is 0.333. The maximum absolute atomic E-state index is 11.7. The molecule has 3 N–H and O–H groups in total. The van der Waals surface area contributed by atoms with Gasteiger partial charge in [0.2, 0.25) is 5.91 Å². The topological polar surface area (TPSA) is 65.5 Å². The van der Waals surface area contributed by atoms with Gasteiger partial charge in [0.15, 0.2) is 5.96 Å². The number of benzene rings is 1. The monoisotopic (exact) mass is 358 g/mol. The summed E-state index contributed by atoms with van der Waals surface area (Å²) in [6, 6.07) is 8.01. The van der Waals surface area contributed by atoms with E-state index in [1.807, 2.05) is 31.2 Å². The summed E-state index contributed by atoms with van der Waals surface area (Å²) < 4.78 is 1.14. The molecule has 1 aliphatic rings. The standard InChI is InChI=1S/C12H15IN4O/c1-8-6-14-12(16-8)15-7-11(18)17-10-4-2-9(13)3-5-10/h2-5,8H,6-7H2,1H3,(H,17,18)(H2,14,15,16). The van der Waals surface area contributed by atoms with Crippen molar-refractivity contribution in [3.63, 3.8) is 0 Å². The van der Waals surface area contributed by atoms with Crippen molar-refractivity contribution in [2.45, 2.75) is 13.0 Å². The highest BCUT2D eigenvalue weighted by Gasteiger charge is 2.12. The van der Waals surface area contributed by atoms with Crippen LogP contribution in [0.3, 0.4) is 0 Å². The summed E-state index contributed by atoms with van der Waals surface area (Å²) in [5.74, 6) is 0.612. The van der Waals surface area contributed by atoms with E-state index in [1.165, 1.54) is 0 Å². The van der Waals surface area contributed by atoms with Crippen LogP contribution in [0.1, 0.15) is 6.92 Å². The van der Waals surface area contributed by atoms with Gasteiger partial charge in [-0.05, 0) is 53.8 Å². The highest BCUT2D eigenvalue weighted by molar-refractivity contribution is 14.1. The van der Waals surface area contributed by atoms with Gasteiger partial charge in [0.25, 0.3) is 0 Å². The predicted molar refractivity (Wildman–Crippen MR) is 80.7 cm³/mol. The smallest absolute Gasteiger partial charge is 0.243 e. The molecule has 1 heterocycles. The minimum atomic E-state index is -0.0831. The number of aliphatic imine (C=N–C) groups is 1. The summed E-state index contributed by atoms with van der Waals surface area (Å²) in [7, 11) is 0. The number of anilines is 1. The maximum Gasteiger partial charge on any atom is 0.243 e. The zero-order valence-corrected chi connectivity index (χ0v) is 12.2. The first-order valence-electron chi connectivity index (χ1n) is 5.74. The van der Waals surface area contributed by atoms with Crippen molar-refractivity contribution in [1.29, 1.82) is 0 Å². The number of hydrogen-bond acceptors (Lipinski definition) is 4. The van der Waals surface area contributed by atoms with Gasteiger partial charge < -0.3 is 16.0 Å². The maximum atomic E-state index is 11.7. The van der Waals surface area contributed by atoms with Crippen molar-refractivity contribution in [2.75, 3.05) is 18.4 Å². The van der Waals surface area contributed by atoms with Gasteiger partial charge in [0.05, 0.1) is 13.1 Å². The van der Waals surface area contributed by atoms with Gasteiger partial charge in [-0.15, -0.1) is 0 Å². The van der Waals surface area contributed by atoms with E-state index in [2.05, 4.69) is 43.5 Å². The molecule has 18 heavy (non-hydrogen) atoms. The van der Waals surface area contributed by atoms with Crippen LogP contribution >= 0.6 is 22.6 Å². The first-order valence-corrected chi connectivity index (χ1v) is 6.81. The van der Waals surface area contributed by atoms with Crippen LogP contribution in [0.5, 0.6) is 0 Å². The molecule has 96 valence electrons. The van der Waals surface area contributed by atoms with E-state index in [0.29, 0.717) is 12.0 Å². The van der Waals surface area contributed by atoms with Gasteiger partial charge in [-0.2, -0.15) is 0 Å². The lowest BCUT2D eigenvalue weighted by Gasteiger charge is -2.09. The second kappa shape index (κ2) is 6.03. The number of nitrogens with one attached hydrogen (secondary N) is 3. The molecule has 0 aromatic heterocycles. The molecule has 0 aliphatic carbocycles. The Labute approximate surface area is 120 Å². The van der Waals surface area contributed by atoms with Crippen LogP contribution < -0.4 is 16.0 Å². The Balaban J connectivity index is 1.77. The quantitative estimate of drug-likeness (QED) is 0.711. The van der Waals surface area contributed by atoms with Gasteiger partial charge in [0, 0.05) is 15.3 Å². The molecule has 0 spiro atoms. The van der Waals surface area contributed by atoms with Crippen LogP contribution in [0.25, 0.3) is 0 Å². The Morgan fingerprint density at radius 2 is 2.22 bits per heavy atom. The lowest BCUT2D eigenvalue weighted by atomic mass is 10.3.